The average Bonchev–Trinajstić information content (AvgIpc) is 3.22. The normalized spacial score (nSPS) is 25.5. The van der Waals surface area contributed by atoms with E-state index >= 15 is 0 Å². The quantitative estimate of drug-likeness (QED) is 0.723. The van der Waals surface area contributed by atoms with Crippen molar-refractivity contribution in [3.63, 3.8) is 0 Å². The summed E-state index contributed by atoms with van der Waals surface area (Å²) in [6, 6.07) is 8.99. The number of H-pyrrole nitrogens is 1. The second kappa shape index (κ2) is 4.58. The number of fused-ring (bicyclic) bond motifs is 2. The van der Waals surface area contributed by atoms with Crippen LogP contribution in [0.4, 0.5) is 0 Å². The van der Waals surface area contributed by atoms with Crippen molar-refractivity contribution in [3.05, 3.63) is 54.0 Å². The number of aromatic nitrogens is 3. The maximum atomic E-state index is 4.35. The van der Waals surface area contributed by atoms with Crippen molar-refractivity contribution in [2.45, 2.75) is 24.8 Å². The van der Waals surface area contributed by atoms with E-state index in [1.807, 2.05) is 23.1 Å². The minimum Gasteiger partial charge on any atom is -0.361 e. The average molecular weight is 290 g/mol. The fraction of sp³-hybridized carbons (Fsp3) is 0.278. The molecule has 1 saturated heterocycles. The van der Waals surface area contributed by atoms with Crippen LogP contribution >= 0.6 is 0 Å². The molecule has 22 heavy (non-hydrogen) atoms. The van der Waals surface area contributed by atoms with Crippen LogP contribution in [0, 0.1) is 0 Å². The fourth-order valence-electron chi connectivity index (χ4n) is 4.12. The summed E-state index contributed by atoms with van der Waals surface area (Å²) in [5, 5.41) is 9.48. The molecule has 1 aliphatic heterocycles. The number of piperidine rings is 1. The summed E-state index contributed by atoms with van der Waals surface area (Å²) in [5.41, 5.74) is 5.39. The highest BCUT2D eigenvalue weighted by Gasteiger charge is 2.36. The number of nitrogens with zero attached hydrogens (tertiary/aromatic N) is 2. The standard InChI is InChI=1S/C18H18N4/c1-4-12-13-5-2-7-19-18(13)15(11-22-9-3-8-21-22)14-10-20-16(6-1)17(12)14/h1,3-4,6,8-11,13,18-20H,2,5,7H2/b15-11-/t13-,18+/m1/s1. The Kier molecular flexibility index (Phi) is 2.55. The maximum Gasteiger partial charge on any atom is 0.0493 e. The predicted octanol–water partition coefficient (Wildman–Crippen LogP) is 3.21. The molecule has 0 amide bonds. The van der Waals surface area contributed by atoms with Crippen LogP contribution in [0.2, 0.25) is 0 Å². The van der Waals surface area contributed by atoms with Crippen LogP contribution in [0.3, 0.4) is 0 Å². The summed E-state index contributed by atoms with van der Waals surface area (Å²) in [6.45, 7) is 1.09. The monoisotopic (exact) mass is 290 g/mol. The first kappa shape index (κ1) is 12.2. The zero-order valence-corrected chi connectivity index (χ0v) is 12.3. The molecule has 1 aromatic carbocycles. The zero-order chi connectivity index (χ0) is 14.5. The van der Waals surface area contributed by atoms with Crippen LogP contribution in [-0.4, -0.2) is 27.4 Å². The summed E-state index contributed by atoms with van der Waals surface area (Å²) in [5.74, 6) is 0.558. The Labute approximate surface area is 128 Å². The summed E-state index contributed by atoms with van der Waals surface area (Å²) in [7, 11) is 0. The lowest BCUT2D eigenvalue weighted by Crippen LogP contribution is -2.42. The Balaban J connectivity index is 1.79. The highest BCUT2D eigenvalue weighted by atomic mass is 15.2. The van der Waals surface area contributed by atoms with Crippen molar-refractivity contribution >= 4 is 22.7 Å². The number of hydrogen-bond donors (Lipinski definition) is 2. The van der Waals surface area contributed by atoms with Crippen molar-refractivity contribution in [2.75, 3.05) is 6.54 Å². The summed E-state index contributed by atoms with van der Waals surface area (Å²) >= 11 is 0. The van der Waals surface area contributed by atoms with Crippen molar-refractivity contribution in [2.24, 2.45) is 0 Å². The van der Waals surface area contributed by atoms with Gasteiger partial charge in [-0.1, -0.05) is 12.1 Å². The van der Waals surface area contributed by atoms with Crippen molar-refractivity contribution in [1.82, 2.24) is 20.1 Å². The van der Waals surface area contributed by atoms with Gasteiger partial charge < -0.3 is 10.3 Å². The first-order valence-corrected chi connectivity index (χ1v) is 7.96. The van der Waals surface area contributed by atoms with E-state index in [9.17, 15) is 0 Å². The minimum atomic E-state index is 0.381. The van der Waals surface area contributed by atoms with E-state index in [4.69, 9.17) is 0 Å². The van der Waals surface area contributed by atoms with E-state index in [0.717, 1.165) is 6.54 Å². The summed E-state index contributed by atoms with van der Waals surface area (Å²) < 4.78 is 1.91. The molecule has 3 aromatic rings. The molecule has 0 saturated carbocycles. The number of hydrogen-bond acceptors (Lipinski definition) is 2. The molecule has 110 valence electrons. The van der Waals surface area contributed by atoms with E-state index in [1.165, 1.54) is 40.4 Å². The van der Waals surface area contributed by atoms with Crippen LogP contribution < -0.4 is 5.32 Å². The highest BCUT2D eigenvalue weighted by Crippen LogP contribution is 2.45. The van der Waals surface area contributed by atoms with Crippen molar-refractivity contribution < 1.29 is 0 Å². The molecule has 4 nitrogen and oxygen atoms in total. The Morgan fingerprint density at radius 2 is 2.27 bits per heavy atom. The number of benzene rings is 1. The van der Waals surface area contributed by atoms with Gasteiger partial charge >= 0.3 is 0 Å². The predicted molar refractivity (Wildman–Crippen MR) is 88.5 cm³/mol. The second-order valence-electron chi connectivity index (χ2n) is 6.22. The van der Waals surface area contributed by atoms with E-state index in [0.29, 0.717) is 12.0 Å². The van der Waals surface area contributed by atoms with E-state index < -0.39 is 0 Å². The lowest BCUT2D eigenvalue weighted by Gasteiger charge is -2.38. The van der Waals surface area contributed by atoms with Gasteiger partial charge in [-0.25, -0.2) is 4.68 Å². The topological polar surface area (TPSA) is 45.6 Å². The molecule has 2 N–H and O–H groups in total. The van der Waals surface area contributed by atoms with Crippen LogP contribution in [-0.2, 0) is 0 Å². The molecule has 0 radical (unpaired) electrons. The third-order valence-corrected chi connectivity index (χ3v) is 5.04. The molecule has 5 rings (SSSR count). The molecule has 1 aliphatic carbocycles. The molecule has 2 atom stereocenters. The Morgan fingerprint density at radius 1 is 1.27 bits per heavy atom. The minimum absolute atomic E-state index is 0.381. The van der Waals surface area contributed by atoms with Crippen molar-refractivity contribution in [1.29, 1.82) is 0 Å². The Bertz CT molecular complexity index is 856. The summed E-state index contributed by atoms with van der Waals surface area (Å²) in [4.78, 5) is 3.44. The Hall–Kier alpha value is -2.33. The van der Waals surface area contributed by atoms with E-state index in [1.54, 1.807) is 0 Å². The van der Waals surface area contributed by atoms with Gasteiger partial charge in [-0.2, -0.15) is 5.10 Å². The first-order valence-electron chi connectivity index (χ1n) is 7.96. The van der Waals surface area contributed by atoms with Crippen LogP contribution in [0.25, 0.3) is 22.7 Å². The van der Waals surface area contributed by atoms with Crippen LogP contribution in [0.1, 0.15) is 29.9 Å². The third-order valence-electron chi connectivity index (χ3n) is 5.04. The molecule has 1 fully saturated rings. The van der Waals surface area contributed by atoms with Gasteiger partial charge in [0.2, 0.25) is 0 Å². The number of rotatable bonds is 1. The van der Waals surface area contributed by atoms with Crippen LogP contribution in [0.5, 0.6) is 0 Å². The number of aromatic amines is 1. The van der Waals surface area contributed by atoms with Gasteiger partial charge in [0.15, 0.2) is 0 Å². The molecule has 0 unspecified atom stereocenters. The van der Waals surface area contributed by atoms with Crippen molar-refractivity contribution in [3.8, 4) is 0 Å². The van der Waals surface area contributed by atoms with Gasteiger partial charge in [0, 0.05) is 53.2 Å². The lowest BCUT2D eigenvalue weighted by atomic mass is 9.73. The number of nitrogens with one attached hydrogen (secondary N) is 2. The van der Waals surface area contributed by atoms with Gasteiger partial charge in [-0.3, -0.25) is 0 Å². The lowest BCUT2D eigenvalue weighted by molar-refractivity contribution is 0.406. The second-order valence-corrected chi connectivity index (χ2v) is 6.22. The highest BCUT2D eigenvalue weighted by molar-refractivity contribution is 6.01. The smallest absolute Gasteiger partial charge is 0.0493 e. The third kappa shape index (κ3) is 1.64. The largest absolute Gasteiger partial charge is 0.361 e. The SMILES string of the molecule is C(=C1\c2c[nH]c3cccc(c23)[C@H]2CCCN[C@H]12)/n1cccn1. The molecule has 0 spiro atoms. The molecular weight excluding hydrogens is 272 g/mol. The molecular formula is C18H18N4. The molecule has 2 aromatic heterocycles. The molecule has 3 heterocycles. The van der Waals surface area contributed by atoms with Gasteiger partial charge in [-0.05, 0) is 42.7 Å². The van der Waals surface area contributed by atoms with E-state index in [-0.39, 0.29) is 0 Å². The summed E-state index contributed by atoms with van der Waals surface area (Å²) in [6.07, 6.45) is 10.6. The molecule has 2 aliphatic rings. The molecule has 0 bridgehead atoms. The zero-order valence-electron chi connectivity index (χ0n) is 12.3. The van der Waals surface area contributed by atoms with Gasteiger partial charge in [0.25, 0.3) is 0 Å². The molecule has 4 heteroatoms. The van der Waals surface area contributed by atoms with Gasteiger partial charge in [0.05, 0.1) is 0 Å². The van der Waals surface area contributed by atoms with Crippen LogP contribution in [0.15, 0.2) is 42.9 Å². The van der Waals surface area contributed by atoms with Gasteiger partial charge in [-0.15, -0.1) is 0 Å². The van der Waals surface area contributed by atoms with Gasteiger partial charge in [0.1, 0.15) is 0 Å². The fourth-order valence-corrected chi connectivity index (χ4v) is 4.12. The maximum absolute atomic E-state index is 4.35. The van der Waals surface area contributed by atoms with E-state index in [2.05, 4.69) is 46.0 Å². The Morgan fingerprint density at radius 3 is 3.18 bits per heavy atom. The first-order chi connectivity index (χ1) is 10.9.